The number of hydrogen-bond acceptors (Lipinski definition) is 2. The number of aliphatic hydroxyl groups excluding tert-OH is 1. The number of aliphatic hydroxyl groups is 1. The summed E-state index contributed by atoms with van der Waals surface area (Å²) in [6, 6.07) is 9.44. The molecule has 0 spiro atoms. The third kappa shape index (κ3) is 7.77. The van der Waals surface area contributed by atoms with Crippen molar-refractivity contribution in [3.63, 3.8) is 0 Å². The summed E-state index contributed by atoms with van der Waals surface area (Å²) in [4.78, 5) is 9.57. The van der Waals surface area contributed by atoms with E-state index in [-0.39, 0.29) is 0 Å². The van der Waals surface area contributed by atoms with Crippen LogP contribution in [0.3, 0.4) is 0 Å². The van der Waals surface area contributed by atoms with E-state index >= 15 is 0 Å². The molecule has 1 aliphatic carbocycles. The molecule has 1 N–H and O–H groups in total. The summed E-state index contributed by atoms with van der Waals surface area (Å²) in [5.74, 6) is 0.454. The van der Waals surface area contributed by atoms with Gasteiger partial charge in [0.05, 0.1) is 0 Å². The van der Waals surface area contributed by atoms with Gasteiger partial charge >= 0.3 is 0 Å². The summed E-state index contributed by atoms with van der Waals surface area (Å²) in [6.07, 6.45) is 3.31. The molecule has 1 saturated carbocycles. The van der Waals surface area contributed by atoms with Gasteiger partial charge in [-0.2, -0.15) is 0 Å². The van der Waals surface area contributed by atoms with Gasteiger partial charge in [0.2, 0.25) is 0 Å². The van der Waals surface area contributed by atoms with Crippen molar-refractivity contribution in [1.82, 2.24) is 0 Å². The Morgan fingerprint density at radius 1 is 1.29 bits per heavy atom. The maximum atomic E-state index is 9.57. The van der Waals surface area contributed by atoms with E-state index < -0.39 is 0 Å². The van der Waals surface area contributed by atoms with Gasteiger partial charge in [-0.05, 0) is 25.0 Å². The molecular formula is C11H15ClO2. The predicted octanol–water partition coefficient (Wildman–Crippen LogP) is 2.54. The van der Waals surface area contributed by atoms with Crippen LogP contribution >= 0.6 is 11.6 Å². The second-order valence-electron chi connectivity index (χ2n) is 2.77. The average molecular weight is 215 g/mol. The second kappa shape index (κ2) is 8.73. The van der Waals surface area contributed by atoms with Crippen molar-refractivity contribution in [3.8, 4) is 0 Å². The third-order valence-electron chi connectivity index (χ3n) is 1.55. The van der Waals surface area contributed by atoms with Gasteiger partial charge in [0.15, 0.2) is 0 Å². The maximum Gasteiger partial charge on any atom is 0.123 e. The zero-order valence-corrected chi connectivity index (χ0v) is 8.95. The quantitative estimate of drug-likeness (QED) is 0.730. The van der Waals surface area contributed by atoms with Crippen LogP contribution in [0.2, 0.25) is 5.02 Å². The Morgan fingerprint density at radius 3 is 1.93 bits per heavy atom. The Labute approximate surface area is 89.5 Å². The lowest BCUT2D eigenvalue weighted by atomic mass is 10.4. The molecule has 1 aliphatic rings. The number of rotatable bonds is 1. The SMILES string of the molecule is CO.Clc1ccccc1.O=CC1CC1. The van der Waals surface area contributed by atoms with E-state index in [9.17, 15) is 4.79 Å². The summed E-state index contributed by atoms with van der Waals surface area (Å²) in [6.45, 7) is 0. The Morgan fingerprint density at radius 2 is 1.79 bits per heavy atom. The zero-order chi connectivity index (χ0) is 10.8. The first-order valence-corrected chi connectivity index (χ1v) is 4.81. The number of halogens is 1. The van der Waals surface area contributed by atoms with Gasteiger partial charge in [0, 0.05) is 18.1 Å². The second-order valence-corrected chi connectivity index (χ2v) is 3.21. The van der Waals surface area contributed by atoms with Crippen LogP contribution in [0.5, 0.6) is 0 Å². The summed E-state index contributed by atoms with van der Waals surface area (Å²) < 4.78 is 0. The molecule has 0 aromatic heterocycles. The van der Waals surface area contributed by atoms with Crippen LogP contribution < -0.4 is 0 Å². The first-order valence-electron chi connectivity index (χ1n) is 4.43. The predicted molar refractivity (Wildman–Crippen MR) is 58.4 cm³/mol. The highest BCUT2D eigenvalue weighted by molar-refractivity contribution is 6.30. The van der Waals surface area contributed by atoms with Gasteiger partial charge in [-0.15, -0.1) is 0 Å². The van der Waals surface area contributed by atoms with Gasteiger partial charge < -0.3 is 9.90 Å². The highest BCUT2D eigenvalue weighted by Crippen LogP contribution is 2.25. The van der Waals surface area contributed by atoms with Crippen LogP contribution in [0.1, 0.15) is 12.8 Å². The minimum atomic E-state index is 0.454. The van der Waals surface area contributed by atoms with E-state index in [0.717, 1.165) is 31.3 Å². The largest absolute Gasteiger partial charge is 0.400 e. The standard InChI is InChI=1S/C6H5Cl.C4H6O.CH4O/c7-6-4-2-1-3-5-6;5-3-4-1-2-4;1-2/h1-5H;3-4H,1-2H2;2H,1H3. The maximum absolute atomic E-state index is 9.57. The molecule has 2 nitrogen and oxygen atoms in total. The molecule has 0 radical (unpaired) electrons. The fourth-order valence-corrected chi connectivity index (χ4v) is 0.792. The van der Waals surface area contributed by atoms with Crippen molar-refractivity contribution in [2.24, 2.45) is 5.92 Å². The minimum Gasteiger partial charge on any atom is -0.400 e. The van der Waals surface area contributed by atoms with Gasteiger partial charge in [-0.25, -0.2) is 0 Å². The van der Waals surface area contributed by atoms with Crippen molar-refractivity contribution in [3.05, 3.63) is 35.4 Å². The van der Waals surface area contributed by atoms with Crippen molar-refractivity contribution in [2.75, 3.05) is 7.11 Å². The highest BCUT2D eigenvalue weighted by atomic mass is 35.5. The average Bonchev–Trinajstić information content (AvgIpc) is 3.06. The molecule has 2 rings (SSSR count). The minimum absolute atomic E-state index is 0.454. The topological polar surface area (TPSA) is 37.3 Å². The lowest BCUT2D eigenvalue weighted by Gasteiger charge is -1.80. The molecule has 0 heterocycles. The third-order valence-corrected chi connectivity index (χ3v) is 1.80. The van der Waals surface area contributed by atoms with Crippen LogP contribution in [-0.2, 0) is 4.79 Å². The van der Waals surface area contributed by atoms with E-state index in [1.165, 1.54) is 0 Å². The Kier molecular flexibility index (Phi) is 8.19. The fourth-order valence-electron chi connectivity index (χ4n) is 0.647. The summed E-state index contributed by atoms with van der Waals surface area (Å²) in [5.41, 5.74) is 0. The van der Waals surface area contributed by atoms with E-state index in [0.29, 0.717) is 5.92 Å². The van der Waals surface area contributed by atoms with Crippen molar-refractivity contribution in [1.29, 1.82) is 0 Å². The Bertz CT molecular complexity index is 232. The highest BCUT2D eigenvalue weighted by Gasteiger charge is 2.18. The Balaban J connectivity index is 0.000000213. The van der Waals surface area contributed by atoms with Crippen LogP contribution in [0.4, 0.5) is 0 Å². The number of hydrogen-bond donors (Lipinski definition) is 1. The molecule has 14 heavy (non-hydrogen) atoms. The molecule has 78 valence electrons. The lowest BCUT2D eigenvalue weighted by Crippen LogP contribution is -1.66. The summed E-state index contributed by atoms with van der Waals surface area (Å²) in [7, 11) is 1.00. The molecular weight excluding hydrogens is 200 g/mol. The smallest absolute Gasteiger partial charge is 0.123 e. The molecule has 0 unspecified atom stereocenters. The first-order chi connectivity index (χ1) is 6.83. The Hall–Kier alpha value is -0.860. The molecule has 1 fully saturated rings. The van der Waals surface area contributed by atoms with Crippen LogP contribution in [-0.4, -0.2) is 18.5 Å². The monoisotopic (exact) mass is 214 g/mol. The van der Waals surface area contributed by atoms with Gasteiger partial charge in [-0.1, -0.05) is 29.8 Å². The molecule has 0 amide bonds. The van der Waals surface area contributed by atoms with Crippen LogP contribution in [0.15, 0.2) is 30.3 Å². The van der Waals surface area contributed by atoms with Crippen LogP contribution in [0, 0.1) is 5.92 Å². The van der Waals surface area contributed by atoms with E-state index in [4.69, 9.17) is 16.7 Å². The first kappa shape index (κ1) is 13.1. The molecule has 1 aromatic rings. The van der Waals surface area contributed by atoms with Gasteiger partial charge in [0.1, 0.15) is 6.29 Å². The number of benzene rings is 1. The molecule has 1 aromatic carbocycles. The van der Waals surface area contributed by atoms with E-state index in [1.807, 2.05) is 30.3 Å². The number of aldehydes is 1. The van der Waals surface area contributed by atoms with Crippen molar-refractivity contribution >= 4 is 17.9 Å². The normalized spacial score (nSPS) is 12.8. The molecule has 3 heteroatoms. The van der Waals surface area contributed by atoms with Crippen LogP contribution in [0.25, 0.3) is 0 Å². The fraction of sp³-hybridized carbons (Fsp3) is 0.364. The van der Waals surface area contributed by atoms with E-state index in [2.05, 4.69) is 0 Å². The number of carbonyl (C=O) groups is 1. The van der Waals surface area contributed by atoms with Gasteiger partial charge in [0.25, 0.3) is 0 Å². The van der Waals surface area contributed by atoms with Gasteiger partial charge in [-0.3, -0.25) is 0 Å². The summed E-state index contributed by atoms with van der Waals surface area (Å²) >= 11 is 5.54. The lowest BCUT2D eigenvalue weighted by molar-refractivity contribution is -0.108. The number of carbonyl (C=O) groups excluding carboxylic acids is 1. The molecule has 0 bridgehead atoms. The van der Waals surface area contributed by atoms with E-state index in [1.54, 1.807) is 0 Å². The molecule has 0 aliphatic heterocycles. The zero-order valence-electron chi connectivity index (χ0n) is 8.19. The molecule has 0 saturated heterocycles. The van der Waals surface area contributed by atoms with Crippen molar-refractivity contribution < 1.29 is 9.90 Å². The van der Waals surface area contributed by atoms with Crippen molar-refractivity contribution in [2.45, 2.75) is 12.8 Å². The molecule has 0 atom stereocenters. The summed E-state index contributed by atoms with van der Waals surface area (Å²) in [5, 5.41) is 7.79.